The molecule has 3 aromatic carbocycles. The third-order valence-electron chi connectivity index (χ3n) is 4.85. The number of nitrogens with one attached hydrogen (secondary N) is 1. The number of fused-ring (bicyclic) bond motifs is 1. The van der Waals surface area contributed by atoms with Gasteiger partial charge in [-0.3, -0.25) is 0 Å². The zero-order chi connectivity index (χ0) is 25.0. The van der Waals surface area contributed by atoms with Crippen molar-refractivity contribution in [2.45, 2.75) is 11.5 Å². The average Bonchev–Trinajstić information content (AvgIpc) is 2.83. The summed E-state index contributed by atoms with van der Waals surface area (Å²) >= 11 is 15.6. The highest BCUT2D eigenvalue weighted by atomic mass is 79.9. The third-order valence-corrected chi connectivity index (χ3v) is 7.25. The van der Waals surface area contributed by atoms with Crippen molar-refractivity contribution in [1.29, 1.82) is 0 Å². The summed E-state index contributed by atoms with van der Waals surface area (Å²) in [6.07, 6.45) is 1.35. The van der Waals surface area contributed by atoms with E-state index < -0.39 is 10.0 Å². The third kappa shape index (κ3) is 6.13. The number of rotatable bonds is 8. The van der Waals surface area contributed by atoms with Crippen molar-refractivity contribution in [3.63, 3.8) is 0 Å². The Morgan fingerprint density at radius 2 is 1.86 bits per heavy atom. The van der Waals surface area contributed by atoms with E-state index in [1.165, 1.54) is 25.5 Å². The monoisotopic (exact) mass is 600 g/mol. The van der Waals surface area contributed by atoms with Crippen LogP contribution in [0.1, 0.15) is 11.1 Å². The van der Waals surface area contributed by atoms with E-state index in [1.807, 2.05) is 0 Å². The zero-order valence-electron chi connectivity index (χ0n) is 18.3. The van der Waals surface area contributed by atoms with E-state index in [-0.39, 0.29) is 11.5 Å². The number of methoxy groups -OCH3 is 1. The lowest BCUT2D eigenvalue weighted by Gasteiger charge is -2.18. The lowest BCUT2D eigenvalue weighted by Crippen LogP contribution is -2.20. The summed E-state index contributed by atoms with van der Waals surface area (Å²) in [5.74, 6) is 1.73. The smallest absolute Gasteiger partial charge is 0.276 e. The van der Waals surface area contributed by atoms with Crippen molar-refractivity contribution >= 4 is 55.4 Å². The quantitative estimate of drug-likeness (QED) is 0.273. The number of sulfonamides is 1. The van der Waals surface area contributed by atoms with Crippen LogP contribution in [-0.4, -0.2) is 35.0 Å². The van der Waals surface area contributed by atoms with Crippen LogP contribution in [0, 0.1) is 0 Å². The minimum Gasteiger partial charge on any atom is -0.493 e. The highest BCUT2D eigenvalue weighted by Gasteiger charge is 2.19. The summed E-state index contributed by atoms with van der Waals surface area (Å²) < 4.78 is 48.0. The molecule has 1 aliphatic rings. The minimum atomic E-state index is -3.92. The largest absolute Gasteiger partial charge is 0.493 e. The van der Waals surface area contributed by atoms with Gasteiger partial charge < -0.3 is 18.9 Å². The predicted molar refractivity (Wildman–Crippen MR) is 137 cm³/mol. The van der Waals surface area contributed by atoms with Gasteiger partial charge in [-0.15, -0.1) is 0 Å². The van der Waals surface area contributed by atoms with Crippen LogP contribution < -0.4 is 23.8 Å². The lowest BCUT2D eigenvalue weighted by molar-refractivity contribution is 0.171. The molecular formula is C23H19BrCl2N2O6S. The van der Waals surface area contributed by atoms with Crippen molar-refractivity contribution in [2.75, 3.05) is 20.3 Å². The first kappa shape index (κ1) is 25.4. The normalized spacial score (nSPS) is 13.0. The molecule has 4 rings (SSSR count). The molecule has 0 fully saturated rings. The molecule has 0 aliphatic carbocycles. The molecule has 0 atom stereocenters. The van der Waals surface area contributed by atoms with Crippen molar-refractivity contribution in [3.05, 3.63) is 74.2 Å². The molecule has 1 aliphatic heterocycles. The van der Waals surface area contributed by atoms with Gasteiger partial charge in [0.2, 0.25) is 0 Å². The maximum absolute atomic E-state index is 12.6. The van der Waals surface area contributed by atoms with E-state index in [9.17, 15) is 8.42 Å². The minimum absolute atomic E-state index is 0.00210. The Morgan fingerprint density at radius 1 is 1.09 bits per heavy atom. The van der Waals surface area contributed by atoms with Crippen LogP contribution in [-0.2, 0) is 16.6 Å². The van der Waals surface area contributed by atoms with Gasteiger partial charge in [-0.2, -0.15) is 13.5 Å². The van der Waals surface area contributed by atoms with E-state index >= 15 is 0 Å². The number of halogens is 3. The fraction of sp³-hybridized carbons (Fsp3) is 0.174. The Kier molecular flexibility index (Phi) is 7.95. The number of ether oxygens (including phenoxy) is 4. The van der Waals surface area contributed by atoms with E-state index in [0.717, 1.165) is 5.56 Å². The van der Waals surface area contributed by atoms with Gasteiger partial charge in [0.05, 0.1) is 22.7 Å². The molecule has 0 radical (unpaired) electrons. The van der Waals surface area contributed by atoms with Gasteiger partial charge in [0.15, 0.2) is 23.0 Å². The molecule has 0 spiro atoms. The standard InChI is InChI=1S/C23H19BrCl2N2O6S/c1-31-22-9-14(8-18(24)23(22)34-13-15-2-3-16(25)10-19(15)26)12-27-28-35(29,30)17-4-5-20-21(11-17)33-7-6-32-20/h2-5,8-12,28H,6-7,13H2,1H3/b27-12-. The second kappa shape index (κ2) is 10.9. The Balaban J connectivity index is 1.47. The summed E-state index contributed by atoms with van der Waals surface area (Å²) in [4.78, 5) is 2.19. The number of nitrogens with zero attached hydrogens (tertiary/aromatic N) is 1. The maximum atomic E-state index is 12.6. The van der Waals surface area contributed by atoms with Gasteiger partial charge in [0, 0.05) is 21.7 Å². The molecule has 3 aromatic rings. The van der Waals surface area contributed by atoms with Gasteiger partial charge in [0.25, 0.3) is 10.0 Å². The second-order valence-corrected chi connectivity index (χ2v) is 10.6. The maximum Gasteiger partial charge on any atom is 0.276 e. The van der Waals surface area contributed by atoms with Crippen LogP contribution in [0.2, 0.25) is 10.0 Å². The van der Waals surface area contributed by atoms with Crippen LogP contribution >= 0.6 is 39.1 Å². The van der Waals surface area contributed by atoms with Gasteiger partial charge in [0.1, 0.15) is 19.8 Å². The average molecular weight is 602 g/mol. The zero-order valence-corrected chi connectivity index (χ0v) is 22.2. The molecule has 1 N–H and O–H groups in total. The first-order valence-electron chi connectivity index (χ1n) is 10.2. The van der Waals surface area contributed by atoms with Crippen molar-refractivity contribution in [1.82, 2.24) is 4.83 Å². The summed E-state index contributed by atoms with van der Waals surface area (Å²) in [7, 11) is -2.42. The Bertz CT molecular complexity index is 1380. The Hall–Kier alpha value is -2.66. The molecule has 0 bridgehead atoms. The van der Waals surface area contributed by atoms with E-state index in [2.05, 4.69) is 25.9 Å². The highest BCUT2D eigenvalue weighted by Crippen LogP contribution is 2.37. The first-order chi connectivity index (χ1) is 16.8. The van der Waals surface area contributed by atoms with E-state index in [1.54, 1.807) is 36.4 Å². The lowest BCUT2D eigenvalue weighted by atomic mass is 10.2. The molecule has 0 amide bonds. The molecule has 0 unspecified atom stereocenters. The van der Waals surface area contributed by atoms with Crippen LogP contribution in [0.3, 0.4) is 0 Å². The van der Waals surface area contributed by atoms with E-state index in [0.29, 0.717) is 56.3 Å². The number of hydrogen-bond acceptors (Lipinski definition) is 7. The summed E-state index contributed by atoms with van der Waals surface area (Å²) in [6, 6.07) is 12.9. The molecule has 12 heteroatoms. The summed E-state index contributed by atoms with van der Waals surface area (Å²) in [6.45, 7) is 0.957. The van der Waals surface area contributed by atoms with Crippen molar-refractivity contribution in [3.8, 4) is 23.0 Å². The van der Waals surface area contributed by atoms with Gasteiger partial charge in [-0.25, -0.2) is 4.83 Å². The molecule has 0 aromatic heterocycles. The molecule has 8 nitrogen and oxygen atoms in total. The van der Waals surface area contributed by atoms with Gasteiger partial charge in [-0.1, -0.05) is 29.3 Å². The molecule has 1 heterocycles. The topological polar surface area (TPSA) is 95.5 Å². The first-order valence-corrected chi connectivity index (χ1v) is 13.2. The predicted octanol–water partition coefficient (Wildman–Crippen LogP) is 5.43. The van der Waals surface area contributed by atoms with Crippen molar-refractivity contribution in [2.24, 2.45) is 5.10 Å². The molecule has 0 saturated carbocycles. The van der Waals surface area contributed by atoms with Crippen molar-refractivity contribution < 1.29 is 27.4 Å². The molecule has 35 heavy (non-hydrogen) atoms. The summed E-state index contributed by atoms with van der Waals surface area (Å²) in [5.41, 5.74) is 1.32. The summed E-state index contributed by atoms with van der Waals surface area (Å²) in [5, 5.41) is 4.90. The van der Waals surface area contributed by atoms with Gasteiger partial charge >= 0.3 is 0 Å². The van der Waals surface area contributed by atoms with Crippen LogP contribution in [0.5, 0.6) is 23.0 Å². The molecular weight excluding hydrogens is 583 g/mol. The number of hydrazone groups is 1. The Morgan fingerprint density at radius 3 is 2.60 bits per heavy atom. The van der Waals surface area contributed by atoms with Crippen LogP contribution in [0.25, 0.3) is 0 Å². The van der Waals surface area contributed by atoms with Crippen LogP contribution in [0.4, 0.5) is 0 Å². The molecule has 184 valence electrons. The number of hydrogen-bond donors (Lipinski definition) is 1. The highest BCUT2D eigenvalue weighted by molar-refractivity contribution is 9.10. The van der Waals surface area contributed by atoms with E-state index in [4.69, 9.17) is 42.1 Å². The van der Waals surface area contributed by atoms with Crippen LogP contribution in [0.15, 0.2) is 63.0 Å². The molecule has 0 saturated heterocycles. The van der Waals surface area contributed by atoms with Gasteiger partial charge in [-0.05, 0) is 57.9 Å². The Labute approximate surface area is 220 Å². The fourth-order valence-electron chi connectivity index (χ4n) is 3.16. The second-order valence-electron chi connectivity index (χ2n) is 7.22. The SMILES string of the molecule is COc1cc(/C=N\NS(=O)(=O)c2ccc3c(c2)OCCO3)cc(Br)c1OCc1ccc(Cl)cc1Cl. The fourth-order valence-corrected chi connectivity index (χ4v) is 5.00. The number of benzene rings is 3.